The van der Waals surface area contributed by atoms with Crippen LogP contribution in [0, 0.1) is 23.7 Å². The van der Waals surface area contributed by atoms with Gasteiger partial charge < -0.3 is 10.8 Å². The first-order valence-electron chi connectivity index (χ1n) is 7.20. The minimum absolute atomic E-state index is 0.0753. The number of nitrogens with zero attached hydrogens (tertiary/aromatic N) is 2. The highest BCUT2D eigenvalue weighted by Gasteiger charge is 2.49. The van der Waals surface area contributed by atoms with E-state index in [4.69, 9.17) is 10.8 Å². The Labute approximate surface area is 111 Å². The van der Waals surface area contributed by atoms with Gasteiger partial charge in [0, 0.05) is 6.07 Å². The second-order valence-corrected chi connectivity index (χ2v) is 6.63. The van der Waals surface area contributed by atoms with E-state index in [1.54, 1.807) is 0 Å². The van der Waals surface area contributed by atoms with Crippen molar-refractivity contribution in [3.05, 3.63) is 11.8 Å². The van der Waals surface area contributed by atoms with Crippen molar-refractivity contribution < 1.29 is 9.90 Å². The molecule has 0 aromatic carbocycles. The maximum absolute atomic E-state index is 11.0. The zero-order valence-corrected chi connectivity index (χ0v) is 10.8. The zero-order chi connectivity index (χ0) is 13.1. The zero-order valence-electron chi connectivity index (χ0n) is 10.8. The SMILES string of the molecule is Nc1cc(C(=O)O)nn1C1C2CC3CC(C2)CC1C3. The highest BCUT2D eigenvalue weighted by atomic mass is 16.4. The first-order chi connectivity index (χ1) is 9.11. The summed E-state index contributed by atoms with van der Waals surface area (Å²) in [5, 5.41) is 13.3. The summed E-state index contributed by atoms with van der Waals surface area (Å²) in [7, 11) is 0. The van der Waals surface area contributed by atoms with E-state index < -0.39 is 5.97 Å². The number of nitrogens with two attached hydrogens (primary N) is 1. The molecular weight excluding hydrogens is 242 g/mol. The number of nitrogen functional groups attached to an aromatic ring is 1. The Hall–Kier alpha value is -1.52. The van der Waals surface area contributed by atoms with Crippen LogP contribution >= 0.6 is 0 Å². The molecule has 0 amide bonds. The predicted molar refractivity (Wildman–Crippen MR) is 69.7 cm³/mol. The maximum atomic E-state index is 11.0. The van der Waals surface area contributed by atoms with Crippen molar-refractivity contribution in [2.24, 2.45) is 23.7 Å². The number of hydrogen-bond donors (Lipinski definition) is 2. The molecule has 19 heavy (non-hydrogen) atoms. The molecule has 4 saturated carbocycles. The molecule has 4 fully saturated rings. The highest BCUT2D eigenvalue weighted by molar-refractivity contribution is 5.86. The number of rotatable bonds is 2. The molecule has 0 atom stereocenters. The summed E-state index contributed by atoms with van der Waals surface area (Å²) in [6, 6.07) is 1.83. The van der Waals surface area contributed by atoms with Gasteiger partial charge >= 0.3 is 5.97 Å². The number of carbonyl (C=O) groups is 1. The van der Waals surface area contributed by atoms with Crippen molar-refractivity contribution in [3.63, 3.8) is 0 Å². The molecule has 1 aromatic rings. The van der Waals surface area contributed by atoms with Gasteiger partial charge in [-0.25, -0.2) is 9.48 Å². The van der Waals surface area contributed by atoms with E-state index in [2.05, 4.69) is 5.10 Å². The van der Waals surface area contributed by atoms with Gasteiger partial charge in [-0.2, -0.15) is 5.10 Å². The van der Waals surface area contributed by atoms with Gasteiger partial charge in [0.1, 0.15) is 5.82 Å². The summed E-state index contributed by atoms with van der Waals surface area (Å²) in [4.78, 5) is 11.0. The van der Waals surface area contributed by atoms with Crippen LogP contribution in [0.2, 0.25) is 0 Å². The summed E-state index contributed by atoms with van der Waals surface area (Å²) in [5.74, 6) is 2.62. The second-order valence-electron chi connectivity index (χ2n) is 6.63. The standard InChI is InChI=1S/C14H19N3O2/c15-12-6-11(14(18)19)16-17(12)13-9-2-7-1-8(4-9)5-10(13)3-7/h6-10,13H,1-5,15H2,(H,18,19). The van der Waals surface area contributed by atoms with Crippen LogP contribution in [0.1, 0.15) is 48.6 Å². The molecule has 1 heterocycles. The number of aromatic carboxylic acids is 1. The summed E-state index contributed by atoms with van der Waals surface area (Å²) in [6.45, 7) is 0. The Bertz CT molecular complexity index is 509. The molecule has 5 heteroatoms. The van der Waals surface area contributed by atoms with E-state index in [1.807, 2.05) is 4.68 Å². The lowest BCUT2D eigenvalue weighted by atomic mass is 9.54. The minimum Gasteiger partial charge on any atom is -0.476 e. The molecular formula is C14H19N3O2. The lowest BCUT2D eigenvalue weighted by molar-refractivity contribution is -0.0329. The number of anilines is 1. The molecule has 102 valence electrons. The largest absolute Gasteiger partial charge is 0.476 e. The first kappa shape index (κ1) is 11.3. The van der Waals surface area contributed by atoms with E-state index in [0.29, 0.717) is 23.7 Å². The summed E-state index contributed by atoms with van der Waals surface area (Å²) < 4.78 is 1.82. The molecule has 0 saturated heterocycles. The lowest BCUT2D eigenvalue weighted by Crippen LogP contribution is -2.46. The normalized spacial score (nSPS) is 39.7. The smallest absolute Gasteiger partial charge is 0.356 e. The van der Waals surface area contributed by atoms with Gasteiger partial charge in [0.05, 0.1) is 6.04 Å². The molecule has 4 aliphatic carbocycles. The second kappa shape index (κ2) is 3.74. The van der Waals surface area contributed by atoms with Crippen molar-refractivity contribution in [3.8, 4) is 0 Å². The summed E-state index contributed by atoms with van der Waals surface area (Å²) in [5.41, 5.74) is 6.07. The van der Waals surface area contributed by atoms with Crippen LogP contribution in [0.25, 0.3) is 0 Å². The average Bonchev–Trinajstić information content (AvgIpc) is 2.70. The van der Waals surface area contributed by atoms with Crippen LogP contribution in [0.5, 0.6) is 0 Å². The average molecular weight is 261 g/mol. The Balaban J connectivity index is 1.71. The molecule has 5 nitrogen and oxygen atoms in total. The van der Waals surface area contributed by atoms with Crippen LogP contribution in [0.4, 0.5) is 5.82 Å². The van der Waals surface area contributed by atoms with Gasteiger partial charge in [-0.1, -0.05) is 0 Å². The van der Waals surface area contributed by atoms with E-state index >= 15 is 0 Å². The van der Waals surface area contributed by atoms with Gasteiger partial charge in [-0.15, -0.1) is 0 Å². The Morgan fingerprint density at radius 2 is 1.79 bits per heavy atom. The Kier molecular flexibility index (Phi) is 2.23. The van der Waals surface area contributed by atoms with Gasteiger partial charge in [0.15, 0.2) is 5.69 Å². The first-order valence-corrected chi connectivity index (χ1v) is 7.20. The van der Waals surface area contributed by atoms with Gasteiger partial charge in [-0.05, 0) is 55.8 Å². The van der Waals surface area contributed by atoms with Gasteiger partial charge in [0.2, 0.25) is 0 Å². The van der Waals surface area contributed by atoms with Crippen LogP contribution in [0.3, 0.4) is 0 Å². The molecule has 0 unspecified atom stereocenters. The molecule has 4 aliphatic rings. The lowest BCUT2D eigenvalue weighted by Gasteiger charge is -2.54. The quantitative estimate of drug-likeness (QED) is 0.854. The van der Waals surface area contributed by atoms with Crippen molar-refractivity contribution >= 4 is 11.8 Å². The third kappa shape index (κ3) is 1.60. The Morgan fingerprint density at radius 3 is 2.26 bits per heavy atom. The molecule has 0 spiro atoms. The molecule has 5 rings (SSSR count). The van der Waals surface area contributed by atoms with E-state index in [9.17, 15) is 4.79 Å². The number of carboxylic acids is 1. The predicted octanol–water partition coefficient (Wildman–Crippen LogP) is 2.16. The third-order valence-corrected chi connectivity index (χ3v) is 5.44. The third-order valence-electron chi connectivity index (χ3n) is 5.44. The van der Waals surface area contributed by atoms with Crippen molar-refractivity contribution in [1.82, 2.24) is 9.78 Å². The number of aromatic nitrogens is 2. The molecule has 4 bridgehead atoms. The van der Waals surface area contributed by atoms with Gasteiger partial charge in [0.25, 0.3) is 0 Å². The molecule has 1 aromatic heterocycles. The monoisotopic (exact) mass is 261 g/mol. The van der Waals surface area contributed by atoms with Crippen molar-refractivity contribution in [2.45, 2.75) is 38.1 Å². The van der Waals surface area contributed by atoms with Crippen molar-refractivity contribution in [1.29, 1.82) is 0 Å². The van der Waals surface area contributed by atoms with E-state index in [1.165, 1.54) is 38.2 Å². The molecule has 0 aliphatic heterocycles. The fourth-order valence-corrected chi connectivity index (χ4v) is 5.05. The summed E-state index contributed by atoms with van der Waals surface area (Å²) >= 11 is 0. The van der Waals surface area contributed by atoms with Crippen molar-refractivity contribution in [2.75, 3.05) is 5.73 Å². The van der Waals surface area contributed by atoms with E-state index in [0.717, 1.165) is 11.8 Å². The fourth-order valence-electron chi connectivity index (χ4n) is 5.05. The summed E-state index contributed by atoms with van der Waals surface area (Å²) in [6.07, 6.45) is 6.52. The maximum Gasteiger partial charge on any atom is 0.356 e. The number of hydrogen-bond acceptors (Lipinski definition) is 3. The van der Waals surface area contributed by atoms with Gasteiger partial charge in [-0.3, -0.25) is 0 Å². The van der Waals surface area contributed by atoms with Crippen LogP contribution in [0.15, 0.2) is 6.07 Å². The van der Waals surface area contributed by atoms with Crippen LogP contribution in [-0.2, 0) is 0 Å². The van der Waals surface area contributed by atoms with Crippen LogP contribution < -0.4 is 5.73 Å². The fraction of sp³-hybridized carbons (Fsp3) is 0.714. The topological polar surface area (TPSA) is 81.1 Å². The number of carboxylic acid groups (broad SMARTS) is 1. The van der Waals surface area contributed by atoms with E-state index in [-0.39, 0.29) is 5.69 Å². The molecule has 0 radical (unpaired) electrons. The molecule has 3 N–H and O–H groups in total. The minimum atomic E-state index is -0.991. The Morgan fingerprint density at radius 1 is 1.21 bits per heavy atom. The van der Waals surface area contributed by atoms with Crippen LogP contribution in [-0.4, -0.2) is 20.9 Å². The highest BCUT2D eigenvalue weighted by Crippen LogP contribution is 2.58.